The summed E-state index contributed by atoms with van der Waals surface area (Å²) in [5.41, 5.74) is 6.13. The molecule has 1 amide bonds. The van der Waals surface area contributed by atoms with Crippen LogP contribution in [0.2, 0.25) is 0 Å². The number of nitriles is 1. The highest BCUT2D eigenvalue weighted by Crippen LogP contribution is 2.17. The van der Waals surface area contributed by atoms with Crippen LogP contribution in [0, 0.1) is 23.1 Å². The molecule has 18 heavy (non-hydrogen) atoms. The zero-order valence-corrected chi connectivity index (χ0v) is 10.4. The van der Waals surface area contributed by atoms with Crippen LogP contribution in [0.4, 0.5) is 10.1 Å². The van der Waals surface area contributed by atoms with E-state index in [1.807, 2.05) is 19.9 Å². The number of amides is 1. The molecule has 0 unspecified atom stereocenters. The Hall–Kier alpha value is -1.93. The topological polar surface area (TPSA) is 78.9 Å². The predicted molar refractivity (Wildman–Crippen MR) is 67.2 cm³/mol. The summed E-state index contributed by atoms with van der Waals surface area (Å²) in [6, 6.07) is 4.80. The Morgan fingerprint density at radius 2 is 2.28 bits per heavy atom. The number of anilines is 1. The summed E-state index contributed by atoms with van der Waals surface area (Å²) in [6.45, 7) is 3.82. The van der Waals surface area contributed by atoms with Gasteiger partial charge in [0, 0.05) is 0 Å². The molecule has 0 saturated carbocycles. The van der Waals surface area contributed by atoms with E-state index in [2.05, 4.69) is 5.32 Å². The first kappa shape index (κ1) is 14.1. The average molecular weight is 249 g/mol. The van der Waals surface area contributed by atoms with Gasteiger partial charge in [-0.1, -0.05) is 20.3 Å². The lowest BCUT2D eigenvalue weighted by molar-refractivity contribution is -0.118. The van der Waals surface area contributed by atoms with E-state index < -0.39 is 11.9 Å². The molecule has 0 aliphatic rings. The van der Waals surface area contributed by atoms with Crippen molar-refractivity contribution in [2.75, 3.05) is 5.32 Å². The van der Waals surface area contributed by atoms with Gasteiger partial charge in [0.25, 0.3) is 0 Å². The van der Waals surface area contributed by atoms with Crippen LogP contribution in [0.3, 0.4) is 0 Å². The van der Waals surface area contributed by atoms with Crippen LogP contribution in [0.15, 0.2) is 18.2 Å². The van der Waals surface area contributed by atoms with E-state index in [1.165, 1.54) is 12.1 Å². The van der Waals surface area contributed by atoms with Crippen molar-refractivity contribution in [1.82, 2.24) is 0 Å². The number of hydrogen-bond acceptors (Lipinski definition) is 3. The highest BCUT2D eigenvalue weighted by Gasteiger charge is 2.20. The molecule has 0 aromatic heterocycles. The zero-order valence-electron chi connectivity index (χ0n) is 10.4. The number of nitrogens with zero attached hydrogens (tertiary/aromatic N) is 1. The van der Waals surface area contributed by atoms with Crippen molar-refractivity contribution >= 4 is 11.6 Å². The summed E-state index contributed by atoms with van der Waals surface area (Å²) >= 11 is 0. The number of carbonyl (C=O) groups is 1. The molecule has 96 valence electrons. The first-order valence-electron chi connectivity index (χ1n) is 5.75. The first-order chi connectivity index (χ1) is 8.49. The van der Waals surface area contributed by atoms with Crippen LogP contribution in [-0.4, -0.2) is 11.9 Å². The SMILES string of the molecule is CC[C@H](C)[C@H](N)C(=O)Nc1ccc(F)cc1C#N. The van der Waals surface area contributed by atoms with Crippen molar-refractivity contribution in [2.24, 2.45) is 11.7 Å². The number of nitrogens with two attached hydrogens (primary N) is 1. The van der Waals surface area contributed by atoms with Gasteiger partial charge < -0.3 is 11.1 Å². The summed E-state index contributed by atoms with van der Waals surface area (Å²) in [5, 5.41) is 11.4. The van der Waals surface area contributed by atoms with Gasteiger partial charge in [0.05, 0.1) is 17.3 Å². The first-order valence-corrected chi connectivity index (χ1v) is 5.75. The summed E-state index contributed by atoms with van der Waals surface area (Å²) < 4.78 is 12.9. The lowest BCUT2D eigenvalue weighted by atomic mass is 9.99. The standard InChI is InChI=1S/C13H16FN3O/c1-3-8(2)12(16)13(18)17-11-5-4-10(14)6-9(11)7-15/h4-6,8,12H,3,16H2,1-2H3,(H,17,18)/t8-,12-/m0/s1. The highest BCUT2D eigenvalue weighted by atomic mass is 19.1. The second-order valence-electron chi connectivity index (χ2n) is 4.20. The van der Waals surface area contributed by atoms with Gasteiger partial charge >= 0.3 is 0 Å². The van der Waals surface area contributed by atoms with Gasteiger partial charge in [-0.2, -0.15) is 5.26 Å². The smallest absolute Gasteiger partial charge is 0.241 e. The molecular weight excluding hydrogens is 233 g/mol. The van der Waals surface area contributed by atoms with Crippen molar-refractivity contribution in [2.45, 2.75) is 26.3 Å². The fourth-order valence-corrected chi connectivity index (χ4v) is 1.45. The lowest BCUT2D eigenvalue weighted by Gasteiger charge is -2.18. The van der Waals surface area contributed by atoms with E-state index >= 15 is 0 Å². The van der Waals surface area contributed by atoms with Gasteiger partial charge in [0.15, 0.2) is 0 Å². The maximum Gasteiger partial charge on any atom is 0.241 e. The Kier molecular flexibility index (Phi) is 4.81. The number of rotatable bonds is 4. The monoisotopic (exact) mass is 249 g/mol. The summed E-state index contributed by atoms with van der Waals surface area (Å²) in [5.74, 6) is -0.848. The zero-order chi connectivity index (χ0) is 13.7. The number of hydrogen-bond donors (Lipinski definition) is 2. The maximum absolute atomic E-state index is 12.9. The van der Waals surface area contributed by atoms with Crippen LogP contribution in [0.5, 0.6) is 0 Å². The normalized spacial score (nSPS) is 13.5. The average Bonchev–Trinajstić information content (AvgIpc) is 2.38. The molecule has 1 aromatic carbocycles. The third kappa shape index (κ3) is 3.28. The van der Waals surface area contributed by atoms with Crippen LogP contribution in [0.1, 0.15) is 25.8 Å². The molecule has 0 spiro atoms. The number of halogens is 1. The van der Waals surface area contributed by atoms with Crippen molar-refractivity contribution in [3.8, 4) is 6.07 Å². The maximum atomic E-state index is 12.9. The quantitative estimate of drug-likeness (QED) is 0.856. The molecule has 0 saturated heterocycles. The van der Waals surface area contributed by atoms with Gasteiger partial charge in [-0.25, -0.2) is 4.39 Å². The minimum absolute atomic E-state index is 0.0379. The Labute approximate surface area is 106 Å². The molecule has 5 heteroatoms. The van der Waals surface area contributed by atoms with Crippen molar-refractivity contribution in [3.63, 3.8) is 0 Å². The molecule has 0 fully saturated rings. The van der Waals surface area contributed by atoms with Gasteiger partial charge in [0.2, 0.25) is 5.91 Å². The van der Waals surface area contributed by atoms with Crippen molar-refractivity contribution in [1.29, 1.82) is 5.26 Å². The van der Waals surface area contributed by atoms with Crippen molar-refractivity contribution < 1.29 is 9.18 Å². The molecule has 0 aliphatic heterocycles. The molecule has 0 aliphatic carbocycles. The number of nitrogens with one attached hydrogen (secondary N) is 1. The third-order valence-corrected chi connectivity index (χ3v) is 2.92. The van der Waals surface area contributed by atoms with Crippen molar-refractivity contribution in [3.05, 3.63) is 29.6 Å². The summed E-state index contributed by atoms with van der Waals surface area (Å²) in [4.78, 5) is 11.8. The van der Waals surface area contributed by atoms with E-state index in [1.54, 1.807) is 0 Å². The van der Waals surface area contributed by atoms with Gasteiger partial charge in [-0.3, -0.25) is 4.79 Å². The molecular formula is C13H16FN3O. The van der Waals surface area contributed by atoms with E-state index in [0.717, 1.165) is 12.5 Å². The fourth-order valence-electron chi connectivity index (χ4n) is 1.45. The minimum Gasteiger partial charge on any atom is -0.324 e. The van der Waals surface area contributed by atoms with Crippen LogP contribution in [0.25, 0.3) is 0 Å². The molecule has 2 atom stereocenters. The second kappa shape index (κ2) is 6.12. The third-order valence-electron chi connectivity index (χ3n) is 2.92. The van der Waals surface area contributed by atoms with E-state index in [0.29, 0.717) is 0 Å². The van der Waals surface area contributed by atoms with Gasteiger partial charge in [-0.15, -0.1) is 0 Å². The van der Waals surface area contributed by atoms with E-state index in [4.69, 9.17) is 11.0 Å². The van der Waals surface area contributed by atoms with Crippen LogP contribution >= 0.6 is 0 Å². The molecule has 3 N–H and O–H groups in total. The van der Waals surface area contributed by atoms with E-state index in [-0.39, 0.29) is 23.1 Å². The van der Waals surface area contributed by atoms with Crippen LogP contribution < -0.4 is 11.1 Å². The Bertz CT molecular complexity index is 482. The molecule has 0 bridgehead atoms. The molecule has 1 rings (SSSR count). The lowest BCUT2D eigenvalue weighted by Crippen LogP contribution is -2.40. The molecule has 0 radical (unpaired) electrons. The minimum atomic E-state index is -0.647. The highest BCUT2D eigenvalue weighted by molar-refractivity contribution is 5.95. The largest absolute Gasteiger partial charge is 0.324 e. The summed E-state index contributed by atoms with van der Waals surface area (Å²) in [6.07, 6.45) is 0.781. The van der Waals surface area contributed by atoms with Gasteiger partial charge in [-0.05, 0) is 24.1 Å². The number of carbonyl (C=O) groups excluding carboxylic acids is 1. The molecule has 0 heterocycles. The Morgan fingerprint density at radius 1 is 1.61 bits per heavy atom. The number of benzene rings is 1. The molecule has 1 aromatic rings. The Morgan fingerprint density at radius 3 is 2.83 bits per heavy atom. The molecule has 4 nitrogen and oxygen atoms in total. The van der Waals surface area contributed by atoms with Crippen LogP contribution in [-0.2, 0) is 4.79 Å². The van der Waals surface area contributed by atoms with Gasteiger partial charge in [0.1, 0.15) is 11.9 Å². The second-order valence-corrected chi connectivity index (χ2v) is 4.20. The Balaban J connectivity index is 2.86. The van der Waals surface area contributed by atoms with E-state index in [9.17, 15) is 9.18 Å². The summed E-state index contributed by atoms with van der Waals surface area (Å²) in [7, 11) is 0. The fraction of sp³-hybridized carbons (Fsp3) is 0.385. The predicted octanol–water partition coefficient (Wildman–Crippen LogP) is 2.01.